The summed E-state index contributed by atoms with van der Waals surface area (Å²) in [5.41, 5.74) is 6.62. The Kier molecular flexibility index (Phi) is 5.14. The molecule has 1 aliphatic heterocycles. The van der Waals surface area contributed by atoms with Gasteiger partial charge in [-0.25, -0.2) is 0 Å². The Hall–Kier alpha value is -3.10. The minimum Gasteiger partial charge on any atom is -0.492 e. The number of nitrogens with two attached hydrogens (primary N) is 1. The van der Waals surface area contributed by atoms with Crippen molar-refractivity contribution < 1.29 is 14.3 Å². The number of benzene rings is 1. The van der Waals surface area contributed by atoms with E-state index in [0.717, 1.165) is 49.5 Å². The van der Waals surface area contributed by atoms with Gasteiger partial charge in [-0.05, 0) is 30.3 Å². The summed E-state index contributed by atoms with van der Waals surface area (Å²) in [6.45, 7) is 4.88. The number of hydrogen-bond acceptors (Lipinski definition) is 5. The number of rotatable bonds is 6. The van der Waals surface area contributed by atoms with E-state index < -0.39 is 11.5 Å². The first-order valence-electron chi connectivity index (χ1n) is 9.11. The van der Waals surface area contributed by atoms with Crippen molar-refractivity contribution in [1.82, 2.24) is 14.9 Å². The quantitative estimate of drug-likeness (QED) is 0.592. The van der Waals surface area contributed by atoms with Crippen LogP contribution in [0.15, 0.2) is 35.1 Å². The molecule has 3 heterocycles. The van der Waals surface area contributed by atoms with Crippen molar-refractivity contribution in [2.24, 2.45) is 5.73 Å². The van der Waals surface area contributed by atoms with Crippen molar-refractivity contribution in [3.8, 4) is 17.0 Å². The van der Waals surface area contributed by atoms with Gasteiger partial charge < -0.3 is 25.2 Å². The first-order valence-corrected chi connectivity index (χ1v) is 9.11. The second-order valence-corrected chi connectivity index (χ2v) is 6.63. The van der Waals surface area contributed by atoms with Crippen LogP contribution in [0.2, 0.25) is 0 Å². The van der Waals surface area contributed by atoms with Crippen molar-refractivity contribution in [2.75, 3.05) is 39.5 Å². The number of fused-ring (bicyclic) bond motifs is 1. The fourth-order valence-electron chi connectivity index (χ4n) is 3.22. The van der Waals surface area contributed by atoms with Gasteiger partial charge in [-0.15, -0.1) is 0 Å². The molecule has 4 N–H and O–H groups in total. The van der Waals surface area contributed by atoms with Crippen molar-refractivity contribution in [3.63, 3.8) is 0 Å². The molecule has 1 radical (unpaired) electrons. The number of morpholine rings is 1. The minimum absolute atomic E-state index is 0.0409. The predicted octanol–water partition coefficient (Wildman–Crippen LogP) is 1.13. The molecule has 0 saturated carbocycles. The maximum absolute atomic E-state index is 12.2. The van der Waals surface area contributed by atoms with Gasteiger partial charge in [0.15, 0.2) is 0 Å². The molecule has 0 aliphatic carbocycles. The van der Waals surface area contributed by atoms with Gasteiger partial charge in [0, 0.05) is 36.6 Å². The molecule has 8 heteroatoms. The van der Waals surface area contributed by atoms with E-state index >= 15 is 0 Å². The molecule has 1 fully saturated rings. The molecule has 2 aromatic heterocycles. The highest BCUT2D eigenvalue weighted by atomic mass is 16.5. The number of nitrogens with one attached hydrogen (secondary N) is 2. The number of carbonyl (C=O) groups is 1. The fraction of sp³-hybridized carbons (Fsp3) is 0.300. The van der Waals surface area contributed by atoms with Gasteiger partial charge >= 0.3 is 0 Å². The molecule has 0 spiro atoms. The molecule has 0 unspecified atom stereocenters. The van der Waals surface area contributed by atoms with Crippen LogP contribution >= 0.6 is 0 Å². The Morgan fingerprint density at radius 2 is 2.07 bits per heavy atom. The average Bonchev–Trinajstić information content (AvgIpc) is 3.11. The zero-order chi connectivity index (χ0) is 19.5. The van der Waals surface area contributed by atoms with Crippen LogP contribution in [-0.4, -0.2) is 60.2 Å². The lowest BCUT2D eigenvalue weighted by Crippen LogP contribution is -2.38. The van der Waals surface area contributed by atoms with Crippen LogP contribution in [0.1, 0.15) is 10.5 Å². The SMILES string of the molecule is NC(=O)c1[c]cc(-c2cc3cc(OCCN4CCOCC4)ccc3[nH]2)c(=O)[nH]1. The monoisotopic (exact) mass is 381 g/mol. The number of nitrogens with zero attached hydrogens (tertiary/aromatic N) is 1. The fourth-order valence-corrected chi connectivity index (χ4v) is 3.22. The van der Waals surface area contributed by atoms with Crippen LogP contribution in [0.4, 0.5) is 0 Å². The number of primary amides is 1. The van der Waals surface area contributed by atoms with Crippen LogP contribution in [0.5, 0.6) is 5.75 Å². The predicted molar refractivity (Wildman–Crippen MR) is 104 cm³/mol. The summed E-state index contributed by atoms with van der Waals surface area (Å²) in [5.74, 6) is 0.0509. The molecule has 8 nitrogen and oxygen atoms in total. The number of amides is 1. The Bertz CT molecular complexity index is 1050. The summed E-state index contributed by atoms with van der Waals surface area (Å²) >= 11 is 0. The van der Waals surface area contributed by atoms with E-state index in [4.69, 9.17) is 15.2 Å². The molecule has 4 rings (SSSR count). The molecular formula is C20H21N4O4. The number of aromatic nitrogens is 2. The largest absolute Gasteiger partial charge is 0.492 e. The van der Waals surface area contributed by atoms with Crippen LogP contribution < -0.4 is 16.0 Å². The number of aromatic amines is 2. The third-order valence-electron chi connectivity index (χ3n) is 4.75. The topological polar surface area (TPSA) is 113 Å². The van der Waals surface area contributed by atoms with E-state index in [1.54, 1.807) is 0 Å². The van der Waals surface area contributed by atoms with Crippen molar-refractivity contribution in [3.05, 3.63) is 52.4 Å². The first kappa shape index (κ1) is 18.3. The van der Waals surface area contributed by atoms with Gasteiger partial charge in [-0.3, -0.25) is 14.5 Å². The number of pyridine rings is 1. The molecule has 3 aromatic rings. The summed E-state index contributed by atoms with van der Waals surface area (Å²) in [5, 5.41) is 0.928. The zero-order valence-electron chi connectivity index (χ0n) is 15.3. The Morgan fingerprint density at radius 1 is 1.25 bits per heavy atom. The second kappa shape index (κ2) is 7.87. The molecule has 1 saturated heterocycles. The highest BCUT2D eigenvalue weighted by molar-refractivity contribution is 5.91. The number of hydrogen-bond donors (Lipinski definition) is 3. The van der Waals surface area contributed by atoms with E-state index in [1.165, 1.54) is 6.07 Å². The maximum atomic E-state index is 12.2. The Labute approximate surface area is 161 Å². The van der Waals surface area contributed by atoms with Gasteiger partial charge in [0.1, 0.15) is 18.1 Å². The summed E-state index contributed by atoms with van der Waals surface area (Å²) in [6, 6.07) is 11.8. The number of ether oxygens (including phenoxy) is 2. The Balaban J connectivity index is 1.48. The summed E-state index contributed by atoms with van der Waals surface area (Å²) in [4.78, 5) is 31.4. The summed E-state index contributed by atoms with van der Waals surface area (Å²) < 4.78 is 11.2. The normalized spacial score (nSPS) is 15.0. The molecule has 0 bridgehead atoms. The molecule has 1 aromatic carbocycles. The highest BCUT2D eigenvalue weighted by Crippen LogP contribution is 2.25. The molecule has 1 amide bonds. The van der Waals surface area contributed by atoms with Crippen LogP contribution in [0.3, 0.4) is 0 Å². The Morgan fingerprint density at radius 3 is 2.82 bits per heavy atom. The van der Waals surface area contributed by atoms with Gasteiger partial charge in [0.25, 0.3) is 11.5 Å². The first-order chi connectivity index (χ1) is 13.6. The third-order valence-corrected chi connectivity index (χ3v) is 4.75. The zero-order valence-corrected chi connectivity index (χ0v) is 15.3. The lowest BCUT2D eigenvalue weighted by atomic mass is 10.1. The van der Waals surface area contributed by atoms with E-state index in [-0.39, 0.29) is 5.69 Å². The van der Waals surface area contributed by atoms with Crippen LogP contribution in [-0.2, 0) is 4.74 Å². The van der Waals surface area contributed by atoms with Gasteiger partial charge in [0.05, 0.1) is 24.5 Å². The molecule has 145 valence electrons. The van der Waals surface area contributed by atoms with Gasteiger partial charge in [-0.1, -0.05) is 0 Å². The standard InChI is InChI=1S/C20H21N4O4/c21-19(25)17-4-2-15(20(26)23-17)18-12-13-11-14(1-3-16(13)22-18)28-10-7-24-5-8-27-9-6-24/h1-3,11-12,22H,5-10H2,(H2,21,25)(H,23,26). The summed E-state index contributed by atoms with van der Waals surface area (Å²) in [7, 11) is 0. The van der Waals surface area contributed by atoms with Gasteiger partial charge in [0.2, 0.25) is 0 Å². The second-order valence-electron chi connectivity index (χ2n) is 6.63. The minimum atomic E-state index is -0.723. The van der Waals surface area contributed by atoms with Crippen molar-refractivity contribution in [1.29, 1.82) is 0 Å². The van der Waals surface area contributed by atoms with Gasteiger partial charge in [-0.2, -0.15) is 0 Å². The number of H-pyrrole nitrogens is 2. The molecule has 1 aliphatic rings. The van der Waals surface area contributed by atoms with Crippen LogP contribution in [0, 0.1) is 6.07 Å². The van der Waals surface area contributed by atoms with E-state index in [9.17, 15) is 9.59 Å². The number of carbonyl (C=O) groups excluding carboxylic acids is 1. The highest BCUT2D eigenvalue weighted by Gasteiger charge is 2.12. The van der Waals surface area contributed by atoms with E-state index in [1.807, 2.05) is 24.3 Å². The third kappa shape index (κ3) is 3.92. The van der Waals surface area contributed by atoms with E-state index in [0.29, 0.717) is 17.9 Å². The average molecular weight is 381 g/mol. The van der Waals surface area contributed by atoms with E-state index in [2.05, 4.69) is 20.9 Å². The summed E-state index contributed by atoms with van der Waals surface area (Å²) in [6.07, 6.45) is 0. The lowest BCUT2D eigenvalue weighted by molar-refractivity contribution is 0.0322. The van der Waals surface area contributed by atoms with Crippen molar-refractivity contribution in [2.45, 2.75) is 0 Å². The molecular weight excluding hydrogens is 360 g/mol. The molecule has 0 atom stereocenters. The van der Waals surface area contributed by atoms with Crippen molar-refractivity contribution >= 4 is 16.8 Å². The lowest BCUT2D eigenvalue weighted by Gasteiger charge is -2.26. The maximum Gasteiger partial charge on any atom is 0.265 e. The van der Waals surface area contributed by atoms with Crippen LogP contribution in [0.25, 0.3) is 22.2 Å². The molecule has 28 heavy (non-hydrogen) atoms. The smallest absolute Gasteiger partial charge is 0.265 e.